The molecule has 0 spiro atoms. The summed E-state index contributed by atoms with van der Waals surface area (Å²) in [6, 6.07) is 4.67. The highest BCUT2D eigenvalue weighted by atomic mass is 79.9. The largest absolute Gasteiger partial charge is 0.312 e. The highest BCUT2D eigenvalue weighted by Crippen LogP contribution is 2.31. The first-order chi connectivity index (χ1) is 8.43. The van der Waals surface area contributed by atoms with Gasteiger partial charge in [0, 0.05) is 24.0 Å². The molecule has 1 aliphatic heterocycles. The fourth-order valence-corrected chi connectivity index (χ4v) is 2.35. The zero-order valence-corrected chi connectivity index (χ0v) is 12.3. The summed E-state index contributed by atoms with van der Waals surface area (Å²) < 4.78 is 13.2. The van der Waals surface area contributed by atoms with Crippen LogP contribution in [0.5, 0.6) is 0 Å². The normalized spacial score (nSPS) is 15.8. The van der Waals surface area contributed by atoms with Crippen molar-refractivity contribution in [1.29, 1.82) is 0 Å². The van der Waals surface area contributed by atoms with Gasteiger partial charge in [0.2, 0.25) is 5.91 Å². The number of hydrogen-bond donors (Lipinski definition) is 0. The summed E-state index contributed by atoms with van der Waals surface area (Å²) in [5.41, 5.74) is 1.79. The van der Waals surface area contributed by atoms with Crippen molar-refractivity contribution in [2.24, 2.45) is 5.41 Å². The summed E-state index contributed by atoms with van der Waals surface area (Å²) >= 11 is 3.47. The molecule has 0 fully saturated rings. The molecule has 1 aromatic rings. The number of halogens is 2. The molecule has 0 aromatic heterocycles. The van der Waals surface area contributed by atoms with E-state index in [1.165, 1.54) is 12.1 Å². The van der Waals surface area contributed by atoms with Crippen LogP contribution in [0.1, 0.15) is 25.8 Å². The number of hydrogen-bond acceptors (Lipinski definition) is 1. The van der Waals surface area contributed by atoms with Gasteiger partial charge in [0.1, 0.15) is 5.82 Å². The number of carbonyl (C=O) groups is 1. The number of anilines is 1. The topological polar surface area (TPSA) is 20.3 Å². The number of carbonyl (C=O) groups excluding carboxylic acids is 1. The molecule has 0 saturated heterocycles. The van der Waals surface area contributed by atoms with E-state index in [-0.39, 0.29) is 17.1 Å². The first-order valence-corrected chi connectivity index (χ1v) is 7.20. The lowest BCUT2D eigenvalue weighted by atomic mass is 9.93. The van der Waals surface area contributed by atoms with E-state index in [9.17, 15) is 9.18 Å². The summed E-state index contributed by atoms with van der Waals surface area (Å²) in [5.74, 6) is -0.106. The number of alkyl halides is 1. The van der Waals surface area contributed by atoms with Gasteiger partial charge in [-0.3, -0.25) is 4.79 Å². The van der Waals surface area contributed by atoms with E-state index in [2.05, 4.69) is 29.8 Å². The van der Waals surface area contributed by atoms with Crippen molar-refractivity contribution in [3.8, 4) is 0 Å². The molecule has 2 rings (SSSR count). The minimum absolute atomic E-state index is 0.00133. The van der Waals surface area contributed by atoms with Gasteiger partial charge in [0.05, 0.1) is 0 Å². The maximum Gasteiger partial charge on any atom is 0.227 e. The number of fused-ring (bicyclic) bond motifs is 1. The standard InChI is InChI=1S/C14H17BrFNO/c1-14(2,8-15)9-17-12-5-4-11(16)7-10(12)3-6-13(17)18/h4-5,7H,3,6,8-9H2,1-2H3. The maximum absolute atomic E-state index is 13.2. The summed E-state index contributed by atoms with van der Waals surface area (Å²) in [5, 5.41) is 0.820. The van der Waals surface area contributed by atoms with Crippen LogP contribution in [-0.4, -0.2) is 17.8 Å². The van der Waals surface area contributed by atoms with Crippen LogP contribution in [-0.2, 0) is 11.2 Å². The predicted octanol–water partition coefficient (Wildman–Crippen LogP) is 3.53. The lowest BCUT2D eigenvalue weighted by molar-refractivity contribution is -0.119. The fourth-order valence-electron chi connectivity index (χ4n) is 2.17. The van der Waals surface area contributed by atoms with E-state index < -0.39 is 0 Å². The van der Waals surface area contributed by atoms with Crippen LogP contribution < -0.4 is 4.90 Å². The van der Waals surface area contributed by atoms with Crippen LogP contribution >= 0.6 is 15.9 Å². The van der Waals surface area contributed by atoms with Crippen molar-refractivity contribution in [2.45, 2.75) is 26.7 Å². The molecule has 2 nitrogen and oxygen atoms in total. The van der Waals surface area contributed by atoms with Crippen molar-refractivity contribution >= 4 is 27.5 Å². The number of nitrogens with zero attached hydrogens (tertiary/aromatic N) is 1. The Kier molecular flexibility index (Phi) is 3.76. The second kappa shape index (κ2) is 5.00. The zero-order valence-electron chi connectivity index (χ0n) is 10.7. The van der Waals surface area contributed by atoms with Crippen molar-refractivity contribution < 1.29 is 9.18 Å². The molecule has 1 aliphatic rings. The number of benzene rings is 1. The van der Waals surface area contributed by atoms with E-state index in [0.29, 0.717) is 19.4 Å². The minimum Gasteiger partial charge on any atom is -0.312 e. The summed E-state index contributed by atoms with van der Waals surface area (Å²) in [7, 11) is 0. The molecule has 1 heterocycles. The van der Waals surface area contributed by atoms with Gasteiger partial charge in [0.25, 0.3) is 0 Å². The number of rotatable bonds is 3. The lowest BCUT2D eigenvalue weighted by Gasteiger charge is -2.35. The smallest absolute Gasteiger partial charge is 0.227 e. The molecule has 1 amide bonds. The molecule has 1 aromatic carbocycles. The fraction of sp³-hybridized carbons (Fsp3) is 0.500. The van der Waals surface area contributed by atoms with Crippen LogP contribution in [0.25, 0.3) is 0 Å². The van der Waals surface area contributed by atoms with Crippen LogP contribution in [0, 0.1) is 11.2 Å². The maximum atomic E-state index is 13.2. The molecule has 98 valence electrons. The average Bonchev–Trinajstić information content (AvgIpc) is 2.33. The summed E-state index contributed by atoms with van der Waals surface area (Å²) in [6.45, 7) is 4.86. The minimum atomic E-state index is -0.234. The first-order valence-electron chi connectivity index (χ1n) is 6.08. The molecule has 0 atom stereocenters. The Hall–Kier alpha value is -0.900. The molecule has 0 aliphatic carbocycles. The third kappa shape index (κ3) is 2.74. The third-order valence-corrected chi connectivity index (χ3v) is 4.71. The van der Waals surface area contributed by atoms with Crippen molar-refractivity contribution in [2.75, 3.05) is 16.8 Å². The lowest BCUT2D eigenvalue weighted by Crippen LogP contribution is -2.42. The SMILES string of the molecule is CC(C)(CBr)CN1C(=O)CCc2cc(F)ccc21. The third-order valence-electron chi connectivity index (χ3n) is 3.19. The highest BCUT2D eigenvalue weighted by molar-refractivity contribution is 9.09. The second-order valence-electron chi connectivity index (χ2n) is 5.55. The van der Waals surface area contributed by atoms with Gasteiger partial charge >= 0.3 is 0 Å². The van der Waals surface area contributed by atoms with Crippen LogP contribution in [0.2, 0.25) is 0 Å². The Morgan fingerprint density at radius 2 is 2.11 bits per heavy atom. The van der Waals surface area contributed by atoms with Gasteiger partial charge in [0.15, 0.2) is 0 Å². The Bertz CT molecular complexity index is 473. The molecule has 0 unspecified atom stereocenters. The highest BCUT2D eigenvalue weighted by Gasteiger charge is 2.29. The van der Waals surface area contributed by atoms with Gasteiger partial charge in [-0.2, -0.15) is 0 Å². The monoisotopic (exact) mass is 313 g/mol. The van der Waals surface area contributed by atoms with E-state index in [1.54, 1.807) is 11.0 Å². The van der Waals surface area contributed by atoms with Crippen molar-refractivity contribution in [3.63, 3.8) is 0 Å². The molecule has 4 heteroatoms. The van der Waals surface area contributed by atoms with Crippen molar-refractivity contribution in [3.05, 3.63) is 29.6 Å². The van der Waals surface area contributed by atoms with Gasteiger partial charge in [-0.1, -0.05) is 29.8 Å². The van der Waals surface area contributed by atoms with Gasteiger partial charge < -0.3 is 4.90 Å². The van der Waals surface area contributed by atoms with E-state index >= 15 is 0 Å². The van der Waals surface area contributed by atoms with Crippen molar-refractivity contribution in [1.82, 2.24) is 0 Å². The second-order valence-corrected chi connectivity index (χ2v) is 6.11. The molecule has 0 bridgehead atoms. The molecule has 0 N–H and O–H groups in total. The quantitative estimate of drug-likeness (QED) is 0.782. The molecular weight excluding hydrogens is 297 g/mol. The Labute approximate surface area is 115 Å². The summed E-state index contributed by atoms with van der Waals surface area (Å²) in [4.78, 5) is 13.8. The van der Waals surface area contributed by atoms with E-state index in [4.69, 9.17) is 0 Å². The first kappa shape index (κ1) is 13.5. The number of amides is 1. The molecule has 18 heavy (non-hydrogen) atoms. The van der Waals surface area contributed by atoms with E-state index in [1.807, 2.05) is 0 Å². The molecular formula is C14H17BrFNO. The Morgan fingerprint density at radius 3 is 2.78 bits per heavy atom. The predicted molar refractivity (Wildman–Crippen MR) is 74.6 cm³/mol. The van der Waals surface area contributed by atoms with Gasteiger partial charge in [-0.05, 0) is 35.6 Å². The van der Waals surface area contributed by atoms with Gasteiger partial charge in [-0.15, -0.1) is 0 Å². The Balaban J connectivity index is 2.34. The average molecular weight is 314 g/mol. The van der Waals surface area contributed by atoms with Gasteiger partial charge in [-0.25, -0.2) is 4.39 Å². The summed E-state index contributed by atoms with van der Waals surface area (Å²) in [6.07, 6.45) is 1.10. The number of aryl methyl sites for hydroxylation is 1. The Morgan fingerprint density at radius 1 is 1.39 bits per heavy atom. The van der Waals surface area contributed by atoms with E-state index in [0.717, 1.165) is 16.6 Å². The van der Waals surface area contributed by atoms with Crippen LogP contribution in [0.15, 0.2) is 18.2 Å². The zero-order chi connectivity index (χ0) is 13.3. The molecule has 0 radical (unpaired) electrons. The molecule has 0 saturated carbocycles. The van der Waals surface area contributed by atoms with Crippen LogP contribution in [0.4, 0.5) is 10.1 Å². The van der Waals surface area contributed by atoms with Crippen LogP contribution in [0.3, 0.4) is 0 Å².